The molecule has 4 rings (SSSR count). The number of nitrogens with zero attached hydrogens (tertiary/aromatic N) is 1. The third-order valence-electron chi connectivity index (χ3n) is 7.13. The number of hydrogen-bond acceptors (Lipinski definition) is 2. The summed E-state index contributed by atoms with van der Waals surface area (Å²) in [5.41, 5.74) is 4.92. The minimum atomic E-state index is -0.673. The van der Waals surface area contributed by atoms with E-state index in [9.17, 15) is 14.0 Å². The number of hydrogen-bond donors (Lipinski definition) is 1. The molecular formula is C32H37FN2O2. The van der Waals surface area contributed by atoms with Crippen molar-refractivity contribution in [3.63, 3.8) is 0 Å². The van der Waals surface area contributed by atoms with Gasteiger partial charge in [0, 0.05) is 19.0 Å². The minimum absolute atomic E-state index is 0.117. The van der Waals surface area contributed by atoms with Gasteiger partial charge in [0.2, 0.25) is 11.8 Å². The van der Waals surface area contributed by atoms with Gasteiger partial charge in [-0.15, -0.1) is 0 Å². The molecule has 3 aromatic carbocycles. The summed E-state index contributed by atoms with van der Waals surface area (Å²) in [5.74, 6) is -0.562. The van der Waals surface area contributed by atoms with Crippen LogP contribution in [-0.4, -0.2) is 28.8 Å². The van der Waals surface area contributed by atoms with E-state index >= 15 is 0 Å². The van der Waals surface area contributed by atoms with Crippen LogP contribution in [0.3, 0.4) is 0 Å². The first kappa shape index (κ1) is 26.6. The Morgan fingerprint density at radius 1 is 0.865 bits per heavy atom. The Morgan fingerprint density at radius 2 is 1.51 bits per heavy atom. The molecule has 5 heteroatoms. The van der Waals surface area contributed by atoms with Gasteiger partial charge in [0.15, 0.2) is 0 Å². The molecule has 4 nitrogen and oxygen atoms in total. The highest BCUT2D eigenvalue weighted by Crippen LogP contribution is 2.21. The lowest BCUT2D eigenvalue weighted by Gasteiger charge is -2.33. The van der Waals surface area contributed by atoms with E-state index in [2.05, 4.69) is 11.4 Å². The Balaban J connectivity index is 1.66. The van der Waals surface area contributed by atoms with Crippen molar-refractivity contribution in [2.75, 3.05) is 0 Å². The molecule has 37 heavy (non-hydrogen) atoms. The molecule has 1 atom stereocenters. The summed E-state index contributed by atoms with van der Waals surface area (Å²) in [6, 6.07) is 21.6. The van der Waals surface area contributed by atoms with Gasteiger partial charge in [-0.25, -0.2) is 4.39 Å². The van der Waals surface area contributed by atoms with E-state index in [1.165, 1.54) is 18.6 Å². The largest absolute Gasteiger partial charge is 0.352 e. The predicted molar refractivity (Wildman–Crippen MR) is 146 cm³/mol. The number of carbonyl (C=O) groups excluding carboxylic acids is 2. The van der Waals surface area contributed by atoms with E-state index in [1.54, 1.807) is 17.0 Å². The highest BCUT2D eigenvalue weighted by atomic mass is 19.1. The molecule has 2 amide bonds. The van der Waals surface area contributed by atoms with Crippen molar-refractivity contribution in [3.05, 3.63) is 106 Å². The maximum atomic E-state index is 13.9. The van der Waals surface area contributed by atoms with Crippen molar-refractivity contribution in [3.8, 4) is 0 Å². The highest BCUT2D eigenvalue weighted by Gasteiger charge is 2.32. The van der Waals surface area contributed by atoms with Crippen LogP contribution in [-0.2, 0) is 29.0 Å². The van der Waals surface area contributed by atoms with Gasteiger partial charge in [-0.1, -0.05) is 91.1 Å². The maximum absolute atomic E-state index is 13.9. The number of aryl methyl sites for hydroxylation is 2. The molecule has 0 aromatic heterocycles. The molecule has 0 saturated heterocycles. The summed E-state index contributed by atoms with van der Waals surface area (Å²) in [4.78, 5) is 29.4. The first-order valence-electron chi connectivity index (χ1n) is 13.3. The van der Waals surface area contributed by atoms with Crippen LogP contribution in [0.15, 0.2) is 72.8 Å². The fourth-order valence-electron chi connectivity index (χ4n) is 5.33. The second-order valence-corrected chi connectivity index (χ2v) is 10.4. The number of carbonyl (C=O) groups is 2. The van der Waals surface area contributed by atoms with Gasteiger partial charge in [-0.05, 0) is 55.5 Å². The van der Waals surface area contributed by atoms with Crippen molar-refractivity contribution in [2.45, 2.75) is 77.4 Å². The Bertz CT molecular complexity index is 1170. The molecule has 0 unspecified atom stereocenters. The fourth-order valence-corrected chi connectivity index (χ4v) is 5.33. The van der Waals surface area contributed by atoms with Gasteiger partial charge >= 0.3 is 0 Å². The van der Waals surface area contributed by atoms with Crippen LogP contribution >= 0.6 is 0 Å². The summed E-state index contributed by atoms with van der Waals surface area (Å²) < 4.78 is 13.6. The first-order chi connectivity index (χ1) is 17.9. The third-order valence-corrected chi connectivity index (χ3v) is 7.13. The molecule has 0 spiro atoms. The van der Waals surface area contributed by atoms with E-state index in [-0.39, 0.29) is 36.6 Å². The summed E-state index contributed by atoms with van der Waals surface area (Å²) in [7, 11) is 0. The molecule has 194 valence electrons. The van der Waals surface area contributed by atoms with Gasteiger partial charge in [0.1, 0.15) is 11.9 Å². The van der Waals surface area contributed by atoms with E-state index < -0.39 is 6.04 Å². The summed E-state index contributed by atoms with van der Waals surface area (Å²) in [5, 5.41) is 3.26. The molecular weight excluding hydrogens is 463 g/mol. The Morgan fingerprint density at radius 3 is 2.16 bits per heavy atom. The molecule has 0 aliphatic heterocycles. The average molecular weight is 501 g/mol. The number of amides is 2. The Kier molecular flexibility index (Phi) is 9.10. The maximum Gasteiger partial charge on any atom is 0.243 e. The third kappa shape index (κ3) is 7.75. The van der Waals surface area contributed by atoms with Crippen LogP contribution in [0.2, 0.25) is 0 Å². The number of halogens is 1. The molecule has 0 bridgehead atoms. The van der Waals surface area contributed by atoms with Crippen molar-refractivity contribution in [1.82, 2.24) is 10.2 Å². The fraction of sp³-hybridized carbons (Fsp3) is 0.375. The molecule has 1 N–H and O–H groups in total. The van der Waals surface area contributed by atoms with Crippen LogP contribution in [0.5, 0.6) is 0 Å². The molecule has 1 fully saturated rings. The predicted octanol–water partition coefficient (Wildman–Crippen LogP) is 6.07. The van der Waals surface area contributed by atoms with Crippen LogP contribution in [0, 0.1) is 19.7 Å². The summed E-state index contributed by atoms with van der Waals surface area (Å²) in [6.07, 6.45) is 5.98. The van der Waals surface area contributed by atoms with E-state index in [0.717, 1.165) is 53.5 Å². The van der Waals surface area contributed by atoms with Crippen molar-refractivity contribution in [1.29, 1.82) is 0 Å². The molecule has 3 aromatic rings. The van der Waals surface area contributed by atoms with Crippen LogP contribution in [0.25, 0.3) is 0 Å². The summed E-state index contributed by atoms with van der Waals surface area (Å²) in [6.45, 7) is 4.28. The molecule has 1 aliphatic carbocycles. The monoisotopic (exact) mass is 500 g/mol. The molecule has 1 saturated carbocycles. The second-order valence-electron chi connectivity index (χ2n) is 10.4. The van der Waals surface area contributed by atoms with Gasteiger partial charge in [-0.2, -0.15) is 0 Å². The zero-order chi connectivity index (χ0) is 26.2. The molecule has 0 radical (unpaired) electrons. The standard InChI is InChI=1S/C32H37FN2O2/c1-23-17-24(2)19-27(18-23)21-31(36)35(22-26-13-15-28(33)16-14-26)30(20-25-9-5-3-6-10-25)32(37)34-29-11-7-4-8-12-29/h3,5-6,9-10,13-19,29-30H,4,7-8,11-12,20-22H2,1-2H3,(H,34,37)/t30-/m0/s1. The van der Waals surface area contributed by atoms with E-state index in [4.69, 9.17) is 0 Å². The second kappa shape index (κ2) is 12.7. The van der Waals surface area contributed by atoms with Crippen molar-refractivity contribution < 1.29 is 14.0 Å². The smallest absolute Gasteiger partial charge is 0.243 e. The quantitative estimate of drug-likeness (QED) is 0.387. The number of nitrogens with one attached hydrogen (secondary N) is 1. The number of rotatable bonds is 9. The number of benzene rings is 3. The Labute approximate surface area is 219 Å². The van der Waals surface area contributed by atoms with Crippen molar-refractivity contribution in [2.24, 2.45) is 0 Å². The topological polar surface area (TPSA) is 49.4 Å². The normalized spacial score (nSPS) is 14.7. The van der Waals surface area contributed by atoms with Gasteiger partial charge in [0.05, 0.1) is 6.42 Å². The lowest BCUT2D eigenvalue weighted by atomic mass is 9.94. The Hall–Kier alpha value is -3.47. The van der Waals surface area contributed by atoms with Crippen molar-refractivity contribution >= 4 is 11.8 Å². The van der Waals surface area contributed by atoms with Gasteiger partial charge in [-0.3, -0.25) is 9.59 Å². The van der Waals surface area contributed by atoms with Gasteiger partial charge < -0.3 is 10.2 Å². The highest BCUT2D eigenvalue weighted by molar-refractivity contribution is 5.89. The zero-order valence-corrected chi connectivity index (χ0v) is 21.9. The first-order valence-corrected chi connectivity index (χ1v) is 13.3. The van der Waals surface area contributed by atoms with Crippen LogP contribution < -0.4 is 5.32 Å². The molecule has 1 aliphatic rings. The van der Waals surface area contributed by atoms with Gasteiger partial charge in [0.25, 0.3) is 0 Å². The summed E-state index contributed by atoms with van der Waals surface area (Å²) >= 11 is 0. The lowest BCUT2D eigenvalue weighted by Crippen LogP contribution is -2.53. The minimum Gasteiger partial charge on any atom is -0.352 e. The zero-order valence-electron chi connectivity index (χ0n) is 21.9. The van der Waals surface area contributed by atoms with Crippen LogP contribution in [0.1, 0.15) is 59.9 Å². The SMILES string of the molecule is Cc1cc(C)cc(CC(=O)N(Cc2ccc(F)cc2)[C@@H](Cc2ccccc2)C(=O)NC2CCCCC2)c1. The van der Waals surface area contributed by atoms with E-state index in [0.29, 0.717) is 6.42 Å². The lowest BCUT2D eigenvalue weighted by molar-refractivity contribution is -0.141. The average Bonchev–Trinajstić information content (AvgIpc) is 2.87. The molecule has 0 heterocycles. The van der Waals surface area contributed by atoms with Crippen LogP contribution in [0.4, 0.5) is 4.39 Å². The van der Waals surface area contributed by atoms with E-state index in [1.807, 2.05) is 56.3 Å².